The van der Waals surface area contributed by atoms with Crippen LogP contribution in [0.4, 0.5) is 0 Å². The largest absolute Gasteiger partial charge is 0.310 e. The smallest absolute Gasteiger partial charge is 0.0441 e. The first-order valence-corrected chi connectivity index (χ1v) is 8.10. The first-order chi connectivity index (χ1) is 9.56. The highest BCUT2D eigenvalue weighted by Crippen LogP contribution is 2.29. The zero-order valence-electron chi connectivity index (χ0n) is 13.0. The van der Waals surface area contributed by atoms with Crippen LogP contribution in [0.2, 0.25) is 5.02 Å². The van der Waals surface area contributed by atoms with Gasteiger partial charge in [0, 0.05) is 11.1 Å². The van der Waals surface area contributed by atoms with Crippen LogP contribution in [0.1, 0.15) is 43.4 Å². The lowest BCUT2D eigenvalue weighted by Gasteiger charge is -2.28. The first-order valence-electron chi connectivity index (χ1n) is 7.72. The van der Waals surface area contributed by atoms with Crippen LogP contribution < -0.4 is 5.32 Å². The van der Waals surface area contributed by atoms with Crippen LogP contribution in [0.3, 0.4) is 0 Å². The molecule has 0 aliphatic carbocycles. The Balaban J connectivity index is 1.95. The zero-order valence-corrected chi connectivity index (χ0v) is 13.7. The van der Waals surface area contributed by atoms with Crippen LogP contribution >= 0.6 is 11.6 Å². The average molecular weight is 295 g/mol. The molecule has 3 heteroatoms. The molecule has 2 atom stereocenters. The van der Waals surface area contributed by atoms with E-state index < -0.39 is 0 Å². The van der Waals surface area contributed by atoms with E-state index in [1.54, 1.807) is 0 Å². The number of halogens is 1. The third-order valence-corrected chi connectivity index (χ3v) is 4.54. The molecule has 112 valence electrons. The Kier molecular flexibility index (Phi) is 5.88. The topological polar surface area (TPSA) is 15.3 Å². The van der Waals surface area contributed by atoms with Gasteiger partial charge in [0.1, 0.15) is 0 Å². The van der Waals surface area contributed by atoms with Crippen molar-refractivity contribution in [2.45, 2.75) is 38.6 Å². The van der Waals surface area contributed by atoms with E-state index >= 15 is 0 Å². The molecule has 1 aliphatic rings. The van der Waals surface area contributed by atoms with Gasteiger partial charge < -0.3 is 10.2 Å². The molecule has 0 radical (unpaired) electrons. The Labute approximate surface area is 128 Å². The summed E-state index contributed by atoms with van der Waals surface area (Å²) in [6, 6.07) is 7.12. The maximum atomic E-state index is 6.45. The summed E-state index contributed by atoms with van der Waals surface area (Å²) in [4.78, 5) is 2.22. The molecule has 1 heterocycles. The van der Waals surface area contributed by atoms with E-state index in [-0.39, 0.29) is 0 Å². The second kappa shape index (κ2) is 7.44. The number of aryl methyl sites for hydroxylation is 1. The zero-order chi connectivity index (χ0) is 14.5. The molecule has 1 aliphatic heterocycles. The summed E-state index contributed by atoms with van der Waals surface area (Å²) in [5.41, 5.74) is 2.62. The molecule has 1 aromatic carbocycles. The van der Waals surface area contributed by atoms with Gasteiger partial charge in [0.15, 0.2) is 0 Å². The van der Waals surface area contributed by atoms with Crippen molar-refractivity contribution < 1.29 is 0 Å². The van der Waals surface area contributed by atoms with Crippen LogP contribution in [0.5, 0.6) is 0 Å². The normalized spacial score (nSPS) is 23.2. The summed E-state index contributed by atoms with van der Waals surface area (Å²) in [6.07, 6.45) is 4.75. The summed E-state index contributed by atoms with van der Waals surface area (Å²) >= 11 is 6.45. The highest BCUT2D eigenvalue weighted by atomic mass is 35.5. The van der Waals surface area contributed by atoms with Gasteiger partial charge in [0.25, 0.3) is 0 Å². The lowest BCUT2D eigenvalue weighted by Crippen LogP contribution is -2.31. The fourth-order valence-corrected chi connectivity index (χ4v) is 3.14. The van der Waals surface area contributed by atoms with Gasteiger partial charge >= 0.3 is 0 Å². The summed E-state index contributed by atoms with van der Waals surface area (Å²) in [6.45, 7) is 4.54. The molecule has 0 saturated carbocycles. The third kappa shape index (κ3) is 4.47. The predicted molar refractivity (Wildman–Crippen MR) is 87.5 cm³/mol. The molecular weight excluding hydrogens is 268 g/mol. The van der Waals surface area contributed by atoms with Gasteiger partial charge in [-0.1, -0.05) is 30.7 Å². The summed E-state index contributed by atoms with van der Waals surface area (Å²) < 4.78 is 0. The fraction of sp³-hybridized carbons (Fsp3) is 0.647. The number of piperidine rings is 1. The number of rotatable bonds is 5. The second-order valence-corrected chi connectivity index (χ2v) is 6.81. The number of hydrogen-bond donors (Lipinski definition) is 1. The van der Waals surface area contributed by atoms with E-state index in [1.807, 2.05) is 0 Å². The van der Waals surface area contributed by atoms with Crippen molar-refractivity contribution >= 4 is 11.6 Å². The highest BCUT2D eigenvalue weighted by Gasteiger charge is 2.19. The summed E-state index contributed by atoms with van der Waals surface area (Å²) in [5.74, 6) is 0.798. The van der Waals surface area contributed by atoms with Gasteiger partial charge in [-0.05, 0) is 76.0 Å². The van der Waals surface area contributed by atoms with E-state index in [9.17, 15) is 0 Å². The molecule has 1 fully saturated rings. The number of hydrogen-bond acceptors (Lipinski definition) is 2. The Morgan fingerprint density at radius 3 is 2.70 bits per heavy atom. The molecule has 0 aromatic heterocycles. The van der Waals surface area contributed by atoms with Crippen molar-refractivity contribution in [2.75, 3.05) is 27.2 Å². The van der Waals surface area contributed by atoms with Crippen molar-refractivity contribution in [2.24, 2.45) is 5.92 Å². The predicted octanol–water partition coefficient (Wildman–Crippen LogP) is 3.89. The fourth-order valence-electron chi connectivity index (χ4n) is 2.85. The van der Waals surface area contributed by atoms with Crippen LogP contribution in [0, 0.1) is 5.92 Å². The van der Waals surface area contributed by atoms with Crippen molar-refractivity contribution in [1.29, 1.82) is 0 Å². The molecule has 2 unspecified atom stereocenters. The second-order valence-electron chi connectivity index (χ2n) is 6.40. The molecule has 2 rings (SSSR count). The third-order valence-electron chi connectivity index (χ3n) is 4.19. The molecule has 1 saturated heterocycles. The van der Waals surface area contributed by atoms with E-state index in [2.05, 4.69) is 49.4 Å². The van der Waals surface area contributed by atoms with Crippen molar-refractivity contribution in [1.82, 2.24) is 10.2 Å². The Morgan fingerprint density at radius 2 is 2.10 bits per heavy atom. The minimum atomic E-state index is 0.486. The molecule has 2 nitrogen and oxygen atoms in total. The SMILES string of the molecule is CC1CCC(c2ccc(CCCN(C)C)c(Cl)c2)NC1. The Hall–Kier alpha value is -0.570. The molecule has 1 aromatic rings. The van der Waals surface area contributed by atoms with E-state index in [0.29, 0.717) is 6.04 Å². The van der Waals surface area contributed by atoms with Crippen LogP contribution in [0.15, 0.2) is 18.2 Å². The van der Waals surface area contributed by atoms with Gasteiger partial charge in [0.2, 0.25) is 0 Å². The van der Waals surface area contributed by atoms with Crippen molar-refractivity contribution in [3.05, 3.63) is 34.3 Å². The highest BCUT2D eigenvalue weighted by molar-refractivity contribution is 6.31. The monoisotopic (exact) mass is 294 g/mol. The summed E-state index contributed by atoms with van der Waals surface area (Å²) in [5, 5.41) is 4.56. The summed E-state index contributed by atoms with van der Waals surface area (Å²) in [7, 11) is 4.22. The number of nitrogens with zero attached hydrogens (tertiary/aromatic N) is 1. The number of benzene rings is 1. The molecule has 20 heavy (non-hydrogen) atoms. The van der Waals surface area contributed by atoms with Crippen molar-refractivity contribution in [3.8, 4) is 0 Å². The maximum absolute atomic E-state index is 6.45. The van der Waals surface area contributed by atoms with Crippen LogP contribution in [-0.4, -0.2) is 32.1 Å². The standard InChI is InChI=1S/C17H27ClN2/c1-13-6-9-17(19-12-13)15-8-7-14(16(18)11-15)5-4-10-20(2)3/h7-8,11,13,17,19H,4-6,9-10,12H2,1-3H3. The minimum absolute atomic E-state index is 0.486. The number of nitrogens with one attached hydrogen (secondary N) is 1. The lowest BCUT2D eigenvalue weighted by atomic mass is 9.91. The van der Waals surface area contributed by atoms with Crippen LogP contribution in [0.25, 0.3) is 0 Å². The maximum Gasteiger partial charge on any atom is 0.0441 e. The minimum Gasteiger partial charge on any atom is -0.310 e. The van der Waals surface area contributed by atoms with Gasteiger partial charge in [-0.2, -0.15) is 0 Å². The van der Waals surface area contributed by atoms with Gasteiger partial charge in [-0.25, -0.2) is 0 Å². The van der Waals surface area contributed by atoms with Gasteiger partial charge in [0.05, 0.1) is 0 Å². The van der Waals surface area contributed by atoms with Crippen LogP contribution in [-0.2, 0) is 6.42 Å². The molecule has 0 amide bonds. The Morgan fingerprint density at radius 1 is 1.30 bits per heavy atom. The Bertz CT molecular complexity index is 423. The van der Waals surface area contributed by atoms with E-state index in [0.717, 1.165) is 36.9 Å². The average Bonchev–Trinajstić information content (AvgIpc) is 2.41. The van der Waals surface area contributed by atoms with Gasteiger partial charge in [-0.15, -0.1) is 0 Å². The molecule has 0 bridgehead atoms. The first kappa shape index (κ1) is 15.8. The molecule has 0 spiro atoms. The lowest BCUT2D eigenvalue weighted by molar-refractivity contribution is 0.333. The molecular formula is C17H27ClN2. The quantitative estimate of drug-likeness (QED) is 0.886. The van der Waals surface area contributed by atoms with Gasteiger partial charge in [-0.3, -0.25) is 0 Å². The van der Waals surface area contributed by atoms with Crippen molar-refractivity contribution in [3.63, 3.8) is 0 Å². The molecule has 1 N–H and O–H groups in total. The van der Waals surface area contributed by atoms with E-state index in [1.165, 1.54) is 24.0 Å². The van der Waals surface area contributed by atoms with E-state index in [4.69, 9.17) is 11.6 Å².